The number of nitrogens with zero attached hydrogens (tertiary/aromatic N) is 3. The molecule has 1 aliphatic rings. The molecule has 0 N–H and O–H groups in total. The molecule has 0 unspecified atom stereocenters. The molecule has 3 rings (SSSR count). The van der Waals surface area contributed by atoms with Crippen molar-refractivity contribution in [3.8, 4) is 6.01 Å². The lowest BCUT2D eigenvalue weighted by atomic mass is 9.98. The van der Waals surface area contributed by atoms with E-state index < -0.39 is 0 Å². The first-order chi connectivity index (χ1) is 12.2. The van der Waals surface area contributed by atoms with Crippen LogP contribution in [0.25, 0.3) is 0 Å². The fraction of sp³-hybridized carbons (Fsp3) is 0.389. The summed E-state index contributed by atoms with van der Waals surface area (Å²) in [5.74, 6) is 0.404. The average Bonchev–Trinajstić information content (AvgIpc) is 2.67. The SMILES string of the molecule is O=C(OCc1ccccc1)N1CCC(COc2ncc(I)cn2)CC1. The summed E-state index contributed by atoms with van der Waals surface area (Å²) in [7, 11) is 0. The summed E-state index contributed by atoms with van der Waals surface area (Å²) in [6.07, 6.45) is 5.00. The van der Waals surface area contributed by atoms with Crippen molar-refractivity contribution in [3.05, 3.63) is 51.9 Å². The van der Waals surface area contributed by atoms with Gasteiger partial charge in [0.05, 0.1) is 6.61 Å². The number of halogens is 1. The van der Waals surface area contributed by atoms with Crippen LogP contribution in [0.5, 0.6) is 6.01 Å². The molecule has 0 saturated carbocycles. The second-order valence-corrected chi connectivity index (χ2v) is 7.21. The van der Waals surface area contributed by atoms with Crippen LogP contribution in [-0.2, 0) is 11.3 Å². The first kappa shape index (κ1) is 17.9. The standard InChI is InChI=1S/C18H20IN3O3/c19-16-10-20-17(21-11-16)24-12-15-6-8-22(9-7-15)18(23)25-13-14-4-2-1-3-5-14/h1-5,10-11,15H,6-9,12-13H2. The van der Waals surface area contributed by atoms with Gasteiger partial charge in [-0.25, -0.2) is 14.8 Å². The maximum atomic E-state index is 12.1. The fourth-order valence-electron chi connectivity index (χ4n) is 2.66. The number of amides is 1. The summed E-state index contributed by atoms with van der Waals surface area (Å²) in [5.41, 5.74) is 0.997. The Morgan fingerprint density at radius 2 is 1.84 bits per heavy atom. The van der Waals surface area contributed by atoms with E-state index in [-0.39, 0.29) is 6.09 Å². The lowest BCUT2D eigenvalue weighted by Gasteiger charge is -2.30. The summed E-state index contributed by atoms with van der Waals surface area (Å²) < 4.78 is 12.0. The third-order valence-electron chi connectivity index (χ3n) is 4.12. The van der Waals surface area contributed by atoms with Gasteiger partial charge in [0.15, 0.2) is 0 Å². The molecule has 1 aromatic heterocycles. The first-order valence-corrected chi connectivity index (χ1v) is 9.34. The Balaban J connectivity index is 1.37. The zero-order valence-corrected chi connectivity index (χ0v) is 16.0. The number of aromatic nitrogens is 2. The highest BCUT2D eigenvalue weighted by Crippen LogP contribution is 2.19. The van der Waals surface area contributed by atoms with Gasteiger partial charge in [0.25, 0.3) is 0 Å². The van der Waals surface area contributed by atoms with E-state index in [0.717, 1.165) is 22.0 Å². The number of likely N-dealkylation sites (tertiary alicyclic amines) is 1. The molecule has 1 fully saturated rings. The van der Waals surface area contributed by atoms with E-state index in [1.165, 1.54) is 0 Å². The van der Waals surface area contributed by atoms with Crippen LogP contribution in [0.3, 0.4) is 0 Å². The third-order valence-corrected chi connectivity index (χ3v) is 4.68. The van der Waals surface area contributed by atoms with E-state index in [4.69, 9.17) is 9.47 Å². The number of carbonyl (C=O) groups is 1. The van der Waals surface area contributed by atoms with Crippen LogP contribution in [0.2, 0.25) is 0 Å². The predicted molar refractivity (Wildman–Crippen MR) is 101 cm³/mol. The number of hydrogen-bond acceptors (Lipinski definition) is 5. The van der Waals surface area contributed by atoms with E-state index in [1.807, 2.05) is 30.3 Å². The smallest absolute Gasteiger partial charge is 0.410 e. The molecule has 6 nitrogen and oxygen atoms in total. The molecule has 1 aromatic carbocycles. The Bertz CT molecular complexity index is 674. The van der Waals surface area contributed by atoms with Crippen LogP contribution in [0.15, 0.2) is 42.7 Å². The number of hydrogen-bond donors (Lipinski definition) is 0. The maximum absolute atomic E-state index is 12.1. The molecule has 1 amide bonds. The second-order valence-electron chi connectivity index (χ2n) is 5.97. The molecule has 1 saturated heterocycles. The van der Waals surface area contributed by atoms with Crippen molar-refractivity contribution in [2.75, 3.05) is 19.7 Å². The second kappa shape index (κ2) is 8.98. The third kappa shape index (κ3) is 5.55. The zero-order valence-electron chi connectivity index (χ0n) is 13.8. The van der Waals surface area contributed by atoms with Crippen LogP contribution in [0.4, 0.5) is 4.79 Å². The Kier molecular flexibility index (Phi) is 6.43. The predicted octanol–water partition coefficient (Wildman–Crippen LogP) is 3.51. The number of rotatable bonds is 5. The van der Waals surface area contributed by atoms with E-state index in [0.29, 0.717) is 38.2 Å². The van der Waals surface area contributed by atoms with Crippen molar-refractivity contribution < 1.29 is 14.3 Å². The number of piperidine rings is 1. The minimum Gasteiger partial charge on any atom is -0.463 e. The Morgan fingerprint density at radius 1 is 1.16 bits per heavy atom. The summed E-state index contributed by atoms with van der Waals surface area (Å²) in [4.78, 5) is 22.2. The number of benzene rings is 1. The van der Waals surface area contributed by atoms with Gasteiger partial charge >= 0.3 is 12.1 Å². The molecule has 132 valence electrons. The van der Waals surface area contributed by atoms with Crippen LogP contribution >= 0.6 is 22.6 Å². The highest BCUT2D eigenvalue weighted by molar-refractivity contribution is 14.1. The molecule has 1 aliphatic heterocycles. The highest BCUT2D eigenvalue weighted by Gasteiger charge is 2.24. The van der Waals surface area contributed by atoms with Crippen LogP contribution < -0.4 is 4.74 Å². The molecule has 7 heteroatoms. The van der Waals surface area contributed by atoms with Crippen molar-refractivity contribution >= 4 is 28.7 Å². The normalized spacial score (nSPS) is 15.0. The number of ether oxygens (including phenoxy) is 2. The van der Waals surface area contributed by atoms with Crippen LogP contribution in [0.1, 0.15) is 18.4 Å². The van der Waals surface area contributed by atoms with Crippen molar-refractivity contribution in [2.24, 2.45) is 5.92 Å². The Morgan fingerprint density at radius 3 is 2.52 bits per heavy atom. The summed E-state index contributed by atoms with van der Waals surface area (Å²) in [5, 5.41) is 0. The Hall–Kier alpha value is -1.90. The van der Waals surface area contributed by atoms with Crippen molar-refractivity contribution in [2.45, 2.75) is 19.4 Å². The van der Waals surface area contributed by atoms with Gasteiger partial charge in [0, 0.05) is 29.1 Å². The minimum absolute atomic E-state index is 0.246. The molecule has 0 radical (unpaired) electrons. The van der Waals surface area contributed by atoms with Gasteiger partial charge in [0.1, 0.15) is 6.61 Å². The van der Waals surface area contributed by atoms with Crippen LogP contribution in [0, 0.1) is 9.49 Å². The topological polar surface area (TPSA) is 64.5 Å². The summed E-state index contributed by atoms with van der Waals surface area (Å²) >= 11 is 2.16. The van der Waals surface area contributed by atoms with Gasteiger partial charge in [0.2, 0.25) is 0 Å². The zero-order chi connectivity index (χ0) is 17.5. The first-order valence-electron chi connectivity index (χ1n) is 8.26. The largest absolute Gasteiger partial charge is 0.463 e. The fourth-order valence-corrected chi connectivity index (χ4v) is 2.94. The van der Waals surface area contributed by atoms with E-state index in [2.05, 4.69) is 32.6 Å². The van der Waals surface area contributed by atoms with Crippen molar-refractivity contribution in [1.82, 2.24) is 14.9 Å². The highest BCUT2D eigenvalue weighted by atomic mass is 127. The summed E-state index contributed by atoms with van der Waals surface area (Å²) in [6, 6.07) is 10.1. The van der Waals surface area contributed by atoms with Crippen molar-refractivity contribution in [1.29, 1.82) is 0 Å². The van der Waals surface area contributed by atoms with E-state index in [9.17, 15) is 4.79 Å². The maximum Gasteiger partial charge on any atom is 0.410 e. The minimum atomic E-state index is -0.246. The lowest BCUT2D eigenvalue weighted by Crippen LogP contribution is -2.40. The molecule has 0 atom stereocenters. The Labute approximate surface area is 160 Å². The van der Waals surface area contributed by atoms with Gasteiger partial charge in [-0.3, -0.25) is 0 Å². The molecule has 2 aromatic rings. The molecule has 0 spiro atoms. The molecular formula is C18H20IN3O3. The quantitative estimate of drug-likeness (QED) is 0.649. The summed E-state index contributed by atoms with van der Waals surface area (Å²) in [6.45, 7) is 2.27. The van der Waals surface area contributed by atoms with Crippen molar-refractivity contribution in [3.63, 3.8) is 0 Å². The van der Waals surface area contributed by atoms with E-state index in [1.54, 1.807) is 17.3 Å². The van der Waals surface area contributed by atoms with E-state index >= 15 is 0 Å². The molecule has 2 heterocycles. The monoisotopic (exact) mass is 453 g/mol. The molecule has 0 aliphatic carbocycles. The molecule has 25 heavy (non-hydrogen) atoms. The van der Waals surface area contributed by atoms with Crippen LogP contribution in [-0.4, -0.2) is 40.7 Å². The lowest BCUT2D eigenvalue weighted by molar-refractivity contribution is 0.0753. The molecule has 0 bridgehead atoms. The van der Waals surface area contributed by atoms with Gasteiger partial charge in [-0.2, -0.15) is 0 Å². The average molecular weight is 453 g/mol. The van der Waals surface area contributed by atoms with Gasteiger partial charge in [-0.05, 0) is 46.9 Å². The molecular weight excluding hydrogens is 433 g/mol. The van der Waals surface area contributed by atoms with Gasteiger partial charge in [-0.15, -0.1) is 0 Å². The van der Waals surface area contributed by atoms with Gasteiger partial charge in [-0.1, -0.05) is 30.3 Å². The van der Waals surface area contributed by atoms with Gasteiger partial charge < -0.3 is 14.4 Å². The number of carbonyl (C=O) groups excluding carboxylic acids is 1.